The topological polar surface area (TPSA) is 96.9 Å². The summed E-state index contributed by atoms with van der Waals surface area (Å²) in [6.07, 6.45) is 0.578. The normalized spacial score (nSPS) is 12.3. The van der Waals surface area contributed by atoms with E-state index in [9.17, 15) is 14.4 Å². The number of benzene rings is 1. The maximum Gasteiger partial charge on any atom is 0.314 e. The minimum atomic E-state index is -0.488. The lowest BCUT2D eigenvalue weighted by atomic mass is 10.0. The molecule has 0 saturated carbocycles. The van der Waals surface area contributed by atoms with Crippen molar-refractivity contribution in [1.82, 2.24) is 5.43 Å². The first kappa shape index (κ1) is 22.3. The number of esters is 1. The number of hydrazone groups is 1. The number of nitrogens with zero attached hydrogens (tertiary/aromatic N) is 1. The van der Waals surface area contributed by atoms with Gasteiger partial charge < -0.3 is 10.1 Å². The van der Waals surface area contributed by atoms with Crippen molar-refractivity contribution in [2.45, 2.75) is 53.9 Å². The molecule has 27 heavy (non-hydrogen) atoms. The van der Waals surface area contributed by atoms with E-state index in [2.05, 4.69) is 15.8 Å². The molecule has 0 aromatic heterocycles. The molecule has 0 spiro atoms. The molecule has 0 aliphatic carbocycles. The molecule has 0 aliphatic rings. The predicted molar refractivity (Wildman–Crippen MR) is 105 cm³/mol. The molecule has 0 radical (unpaired) electrons. The molecule has 2 amide bonds. The zero-order valence-corrected chi connectivity index (χ0v) is 16.7. The van der Waals surface area contributed by atoms with Crippen LogP contribution in [-0.4, -0.2) is 30.1 Å². The summed E-state index contributed by atoms with van der Waals surface area (Å²) in [4.78, 5) is 35.8. The molecule has 1 aromatic rings. The smallest absolute Gasteiger partial charge is 0.314 e. The Morgan fingerprint density at radius 1 is 1.11 bits per heavy atom. The molecular weight excluding hydrogens is 346 g/mol. The summed E-state index contributed by atoms with van der Waals surface area (Å²) in [6.45, 7) is 9.45. The molecule has 1 aromatic carbocycles. The highest BCUT2D eigenvalue weighted by atomic mass is 16.5. The van der Waals surface area contributed by atoms with Crippen molar-refractivity contribution in [3.63, 3.8) is 0 Å². The maximum absolute atomic E-state index is 12.0. The van der Waals surface area contributed by atoms with Crippen LogP contribution in [0.4, 0.5) is 5.69 Å². The molecule has 2 N–H and O–H groups in total. The van der Waals surface area contributed by atoms with Crippen LogP contribution in [0.2, 0.25) is 0 Å². The fourth-order valence-electron chi connectivity index (χ4n) is 2.55. The van der Waals surface area contributed by atoms with Crippen LogP contribution in [0.15, 0.2) is 23.3 Å². The Morgan fingerprint density at radius 3 is 2.37 bits per heavy atom. The second kappa shape index (κ2) is 11.1. The Labute approximate surface area is 160 Å². The highest BCUT2D eigenvalue weighted by molar-refractivity contribution is 6.01. The average molecular weight is 375 g/mol. The summed E-state index contributed by atoms with van der Waals surface area (Å²) in [5.41, 5.74) is 5.69. The van der Waals surface area contributed by atoms with Gasteiger partial charge in [0.1, 0.15) is 0 Å². The molecule has 0 heterocycles. The quantitative estimate of drug-likeness (QED) is 0.394. The zero-order chi connectivity index (χ0) is 20.4. The van der Waals surface area contributed by atoms with Gasteiger partial charge in [0.05, 0.1) is 12.5 Å². The summed E-state index contributed by atoms with van der Waals surface area (Å²) >= 11 is 0. The molecule has 7 nitrogen and oxygen atoms in total. The van der Waals surface area contributed by atoms with Crippen LogP contribution in [0.1, 0.15) is 51.2 Å². The van der Waals surface area contributed by atoms with Gasteiger partial charge in [-0.2, -0.15) is 5.10 Å². The second-order valence-corrected chi connectivity index (χ2v) is 6.37. The summed E-state index contributed by atoms with van der Waals surface area (Å²) in [6, 6.07) is 5.74. The Balaban J connectivity index is 2.49. The van der Waals surface area contributed by atoms with E-state index in [4.69, 9.17) is 4.74 Å². The van der Waals surface area contributed by atoms with Gasteiger partial charge in [-0.05, 0) is 45.7 Å². The van der Waals surface area contributed by atoms with Crippen molar-refractivity contribution in [3.05, 3.63) is 29.3 Å². The summed E-state index contributed by atoms with van der Waals surface area (Å²) in [7, 11) is 0. The molecular formula is C20H29N3O4. The molecule has 0 bridgehead atoms. The van der Waals surface area contributed by atoms with E-state index < -0.39 is 5.92 Å². The predicted octanol–water partition coefficient (Wildman–Crippen LogP) is 3.10. The van der Waals surface area contributed by atoms with Crippen molar-refractivity contribution in [2.75, 3.05) is 11.9 Å². The van der Waals surface area contributed by atoms with Crippen LogP contribution in [0.5, 0.6) is 0 Å². The third-order valence-electron chi connectivity index (χ3n) is 4.08. The van der Waals surface area contributed by atoms with Crippen LogP contribution in [0.25, 0.3) is 0 Å². The summed E-state index contributed by atoms with van der Waals surface area (Å²) in [5, 5.41) is 6.77. The van der Waals surface area contributed by atoms with E-state index in [0.717, 1.165) is 16.8 Å². The lowest BCUT2D eigenvalue weighted by Gasteiger charge is -2.13. The number of hydrogen-bond acceptors (Lipinski definition) is 5. The van der Waals surface area contributed by atoms with Crippen LogP contribution < -0.4 is 10.7 Å². The van der Waals surface area contributed by atoms with E-state index in [0.29, 0.717) is 18.7 Å². The second-order valence-electron chi connectivity index (χ2n) is 6.37. The lowest BCUT2D eigenvalue weighted by Crippen LogP contribution is -2.27. The van der Waals surface area contributed by atoms with Gasteiger partial charge >= 0.3 is 5.97 Å². The monoisotopic (exact) mass is 375 g/mol. The van der Waals surface area contributed by atoms with Gasteiger partial charge in [-0.3, -0.25) is 14.4 Å². The third kappa shape index (κ3) is 7.60. The van der Waals surface area contributed by atoms with Gasteiger partial charge in [-0.15, -0.1) is 0 Å². The fourth-order valence-corrected chi connectivity index (χ4v) is 2.55. The molecule has 0 aliphatic heterocycles. The standard InChI is InChI=1S/C20H29N3O4/c1-6-16(20(26)27-7-2)15(5)22-23-19(25)11-10-18(24)21-17-9-8-13(3)12-14(17)4/h8-9,12,16H,6-7,10-11H2,1-5H3,(H,21,24)(H,23,25)/b22-15+. The molecule has 0 saturated heterocycles. The van der Waals surface area contributed by atoms with Crippen LogP contribution in [0.3, 0.4) is 0 Å². The first-order valence-corrected chi connectivity index (χ1v) is 9.15. The van der Waals surface area contributed by atoms with E-state index in [1.54, 1.807) is 13.8 Å². The highest BCUT2D eigenvalue weighted by Gasteiger charge is 2.21. The van der Waals surface area contributed by atoms with Gasteiger partial charge in [-0.25, -0.2) is 5.43 Å². The summed E-state index contributed by atoms with van der Waals surface area (Å²) in [5.74, 6) is -1.47. The van der Waals surface area contributed by atoms with Gasteiger partial charge in [0.2, 0.25) is 11.8 Å². The van der Waals surface area contributed by atoms with E-state index in [1.807, 2.05) is 39.0 Å². The number of aryl methyl sites for hydroxylation is 2. The Bertz CT molecular complexity index is 713. The number of rotatable bonds is 9. The average Bonchev–Trinajstić information content (AvgIpc) is 2.61. The Morgan fingerprint density at radius 2 is 1.78 bits per heavy atom. The Kier molecular flexibility index (Phi) is 9.19. The van der Waals surface area contributed by atoms with Crippen molar-refractivity contribution >= 4 is 29.2 Å². The number of amides is 2. The molecule has 1 atom stereocenters. The summed E-state index contributed by atoms with van der Waals surface area (Å²) < 4.78 is 4.99. The lowest BCUT2D eigenvalue weighted by molar-refractivity contribution is -0.145. The minimum absolute atomic E-state index is 0.00369. The molecule has 1 rings (SSSR count). The number of carbonyl (C=O) groups excluding carboxylic acids is 3. The largest absolute Gasteiger partial charge is 0.465 e. The van der Waals surface area contributed by atoms with Crippen molar-refractivity contribution < 1.29 is 19.1 Å². The number of hydrogen-bond donors (Lipinski definition) is 2. The number of carbonyl (C=O) groups is 3. The Hall–Kier alpha value is -2.70. The number of nitrogens with one attached hydrogen (secondary N) is 2. The molecule has 7 heteroatoms. The van der Waals surface area contributed by atoms with Crippen LogP contribution in [0, 0.1) is 19.8 Å². The van der Waals surface area contributed by atoms with Gasteiger partial charge in [-0.1, -0.05) is 24.6 Å². The van der Waals surface area contributed by atoms with E-state index in [-0.39, 0.29) is 30.6 Å². The van der Waals surface area contributed by atoms with Gasteiger partial charge in [0, 0.05) is 24.2 Å². The molecule has 1 unspecified atom stereocenters. The van der Waals surface area contributed by atoms with Gasteiger partial charge in [0.15, 0.2) is 0 Å². The number of ether oxygens (including phenoxy) is 1. The third-order valence-corrected chi connectivity index (χ3v) is 4.08. The maximum atomic E-state index is 12.0. The van der Waals surface area contributed by atoms with E-state index >= 15 is 0 Å². The number of anilines is 1. The van der Waals surface area contributed by atoms with Crippen LogP contribution >= 0.6 is 0 Å². The highest BCUT2D eigenvalue weighted by Crippen LogP contribution is 2.16. The SMILES string of the molecule is CCOC(=O)C(CC)/C(C)=N/NC(=O)CCC(=O)Nc1ccc(C)cc1C. The van der Waals surface area contributed by atoms with Crippen molar-refractivity contribution in [1.29, 1.82) is 0 Å². The first-order chi connectivity index (χ1) is 12.8. The molecule has 0 fully saturated rings. The van der Waals surface area contributed by atoms with Crippen LogP contribution in [-0.2, 0) is 19.1 Å². The van der Waals surface area contributed by atoms with Crippen molar-refractivity contribution in [2.24, 2.45) is 11.0 Å². The van der Waals surface area contributed by atoms with E-state index in [1.165, 1.54) is 0 Å². The fraction of sp³-hybridized carbons (Fsp3) is 0.500. The van der Waals surface area contributed by atoms with Gasteiger partial charge in [0.25, 0.3) is 0 Å². The minimum Gasteiger partial charge on any atom is -0.465 e. The van der Waals surface area contributed by atoms with Crippen molar-refractivity contribution in [3.8, 4) is 0 Å². The zero-order valence-electron chi connectivity index (χ0n) is 16.7. The molecule has 148 valence electrons. The first-order valence-electron chi connectivity index (χ1n) is 9.15.